The van der Waals surface area contributed by atoms with Crippen LogP contribution in [0, 0.1) is 0 Å². The Bertz CT molecular complexity index is 498. The minimum atomic E-state index is 0.0168. The van der Waals surface area contributed by atoms with Gasteiger partial charge >= 0.3 is 0 Å². The molecule has 6 heteroatoms. The molecule has 0 aromatic carbocycles. The molecule has 0 spiro atoms. The third kappa shape index (κ3) is 5.99. The molecule has 1 atom stereocenters. The first kappa shape index (κ1) is 18.0. The maximum Gasteiger partial charge on any atom is 0.237 e. The van der Waals surface area contributed by atoms with Crippen molar-refractivity contribution >= 4 is 17.5 Å². The van der Waals surface area contributed by atoms with Gasteiger partial charge in [0.1, 0.15) is 12.4 Å². The van der Waals surface area contributed by atoms with Crippen LogP contribution in [0.1, 0.15) is 39.0 Å². The summed E-state index contributed by atoms with van der Waals surface area (Å²) in [5, 5.41) is 3.53. The van der Waals surface area contributed by atoms with Crippen LogP contribution in [0.4, 0.5) is 0 Å². The zero-order chi connectivity index (χ0) is 16.5. The summed E-state index contributed by atoms with van der Waals surface area (Å²) >= 11 is 5.85. The van der Waals surface area contributed by atoms with Crippen molar-refractivity contribution in [2.45, 2.75) is 45.1 Å². The molecule has 1 fully saturated rings. The number of halogens is 1. The van der Waals surface area contributed by atoms with Gasteiger partial charge in [-0.05, 0) is 32.4 Å². The molecule has 0 bridgehead atoms. The summed E-state index contributed by atoms with van der Waals surface area (Å²) in [5.74, 6) is 0.739. The van der Waals surface area contributed by atoms with E-state index in [4.69, 9.17) is 16.3 Å². The first-order valence-corrected chi connectivity index (χ1v) is 8.83. The number of ether oxygens (including phenoxy) is 1. The summed E-state index contributed by atoms with van der Waals surface area (Å²) < 4.78 is 5.54. The molecule has 128 valence electrons. The summed E-state index contributed by atoms with van der Waals surface area (Å²) in [4.78, 5) is 18.7. The predicted molar refractivity (Wildman–Crippen MR) is 91.9 cm³/mol. The average molecular weight is 340 g/mol. The highest BCUT2D eigenvalue weighted by Gasteiger charge is 2.27. The van der Waals surface area contributed by atoms with Crippen LogP contribution in [0.25, 0.3) is 0 Å². The molecule has 0 unspecified atom stereocenters. The fourth-order valence-electron chi connectivity index (χ4n) is 2.85. The van der Waals surface area contributed by atoms with Gasteiger partial charge < -0.3 is 10.1 Å². The van der Waals surface area contributed by atoms with Crippen molar-refractivity contribution in [2.75, 3.05) is 26.2 Å². The van der Waals surface area contributed by atoms with E-state index in [0.29, 0.717) is 23.9 Å². The van der Waals surface area contributed by atoms with Crippen molar-refractivity contribution in [3.63, 3.8) is 0 Å². The average Bonchev–Trinajstić information content (AvgIpc) is 2.57. The highest BCUT2D eigenvalue weighted by atomic mass is 35.5. The molecular formula is C17H26ClN3O2. The van der Waals surface area contributed by atoms with Crippen LogP contribution in [0.5, 0.6) is 5.75 Å². The molecule has 1 N–H and O–H groups in total. The summed E-state index contributed by atoms with van der Waals surface area (Å²) in [6, 6.07) is 1.73. The zero-order valence-electron chi connectivity index (χ0n) is 13.8. The zero-order valence-corrected chi connectivity index (χ0v) is 14.5. The van der Waals surface area contributed by atoms with Gasteiger partial charge in [-0.3, -0.25) is 14.7 Å². The Hall–Kier alpha value is -1.33. The highest BCUT2D eigenvalue weighted by Crippen LogP contribution is 2.18. The third-order valence-corrected chi connectivity index (χ3v) is 4.27. The fraction of sp³-hybridized carbons (Fsp3) is 0.647. The number of nitrogens with one attached hydrogen (secondary N) is 1. The van der Waals surface area contributed by atoms with Gasteiger partial charge in [-0.2, -0.15) is 0 Å². The SMILES string of the molecule is CCCCN1CCCC[C@@H]1C(=O)NCCOc1cncc(Cl)c1. The summed E-state index contributed by atoms with van der Waals surface area (Å²) in [7, 11) is 0. The number of nitrogens with zero attached hydrogens (tertiary/aromatic N) is 2. The number of carbonyl (C=O) groups is 1. The van der Waals surface area contributed by atoms with E-state index in [9.17, 15) is 4.79 Å². The number of piperidine rings is 1. The van der Waals surface area contributed by atoms with Crippen molar-refractivity contribution in [3.8, 4) is 5.75 Å². The number of hydrogen-bond donors (Lipinski definition) is 1. The summed E-state index contributed by atoms with van der Waals surface area (Å²) in [6.07, 6.45) is 8.75. The third-order valence-electron chi connectivity index (χ3n) is 4.07. The normalized spacial score (nSPS) is 18.6. The van der Waals surface area contributed by atoms with E-state index in [2.05, 4.69) is 22.1 Å². The molecule has 1 aliphatic heterocycles. The molecule has 1 aliphatic rings. The molecule has 1 amide bonds. The van der Waals surface area contributed by atoms with Crippen molar-refractivity contribution in [1.82, 2.24) is 15.2 Å². The van der Waals surface area contributed by atoms with Gasteiger partial charge in [-0.25, -0.2) is 0 Å². The van der Waals surface area contributed by atoms with Gasteiger partial charge in [-0.1, -0.05) is 31.4 Å². The van der Waals surface area contributed by atoms with Gasteiger partial charge in [0.2, 0.25) is 5.91 Å². The van der Waals surface area contributed by atoms with Crippen LogP contribution < -0.4 is 10.1 Å². The molecule has 0 radical (unpaired) electrons. The molecule has 1 aromatic heterocycles. The number of carbonyl (C=O) groups excluding carboxylic acids is 1. The van der Waals surface area contributed by atoms with E-state index in [-0.39, 0.29) is 11.9 Å². The lowest BCUT2D eigenvalue weighted by molar-refractivity contribution is -0.127. The highest BCUT2D eigenvalue weighted by molar-refractivity contribution is 6.30. The second-order valence-corrected chi connectivity index (χ2v) is 6.32. The molecule has 5 nitrogen and oxygen atoms in total. The Labute approximate surface area is 143 Å². The molecular weight excluding hydrogens is 314 g/mol. The Balaban J connectivity index is 1.72. The van der Waals surface area contributed by atoms with Crippen LogP contribution in [-0.2, 0) is 4.79 Å². The standard InChI is InChI=1S/C17H26ClN3O2/c1-2-3-8-21-9-5-4-6-16(21)17(22)20-7-10-23-15-11-14(18)12-19-13-15/h11-13,16H,2-10H2,1H3,(H,20,22)/t16-/m1/s1. The second kappa shape index (κ2) is 9.73. The summed E-state index contributed by atoms with van der Waals surface area (Å²) in [5.41, 5.74) is 0. The molecule has 0 saturated carbocycles. The molecule has 1 saturated heterocycles. The van der Waals surface area contributed by atoms with E-state index in [0.717, 1.165) is 38.8 Å². The molecule has 23 heavy (non-hydrogen) atoms. The van der Waals surface area contributed by atoms with Gasteiger partial charge in [0.05, 0.1) is 23.8 Å². The minimum absolute atomic E-state index is 0.0168. The number of hydrogen-bond acceptors (Lipinski definition) is 4. The minimum Gasteiger partial charge on any atom is -0.490 e. The van der Waals surface area contributed by atoms with Crippen molar-refractivity contribution < 1.29 is 9.53 Å². The Morgan fingerprint density at radius 1 is 1.48 bits per heavy atom. The predicted octanol–water partition coefficient (Wildman–Crippen LogP) is 2.88. The van der Waals surface area contributed by atoms with Crippen LogP contribution in [0.15, 0.2) is 18.5 Å². The Morgan fingerprint density at radius 3 is 3.13 bits per heavy atom. The monoisotopic (exact) mass is 339 g/mol. The van der Waals surface area contributed by atoms with E-state index in [1.807, 2.05) is 0 Å². The van der Waals surface area contributed by atoms with Crippen LogP contribution in [0.3, 0.4) is 0 Å². The molecule has 0 aliphatic carbocycles. The number of rotatable bonds is 8. The van der Waals surface area contributed by atoms with Gasteiger partial charge in [0.25, 0.3) is 0 Å². The smallest absolute Gasteiger partial charge is 0.237 e. The lowest BCUT2D eigenvalue weighted by atomic mass is 10.0. The first-order chi connectivity index (χ1) is 11.2. The number of amides is 1. The van der Waals surface area contributed by atoms with E-state index in [1.165, 1.54) is 6.42 Å². The quantitative estimate of drug-likeness (QED) is 0.740. The van der Waals surface area contributed by atoms with Crippen LogP contribution >= 0.6 is 11.6 Å². The maximum atomic E-state index is 12.4. The number of pyridine rings is 1. The summed E-state index contributed by atoms with van der Waals surface area (Å²) in [6.45, 7) is 5.13. The van der Waals surface area contributed by atoms with E-state index < -0.39 is 0 Å². The largest absolute Gasteiger partial charge is 0.490 e. The topological polar surface area (TPSA) is 54.5 Å². The van der Waals surface area contributed by atoms with Crippen LogP contribution in [0.2, 0.25) is 5.02 Å². The number of aromatic nitrogens is 1. The molecule has 2 heterocycles. The number of unbranched alkanes of at least 4 members (excludes halogenated alkanes) is 1. The molecule has 1 aromatic rings. The van der Waals surface area contributed by atoms with Gasteiger partial charge in [0.15, 0.2) is 0 Å². The lowest BCUT2D eigenvalue weighted by Crippen LogP contribution is -2.50. The number of likely N-dealkylation sites (tertiary alicyclic amines) is 1. The second-order valence-electron chi connectivity index (χ2n) is 5.88. The Kier molecular flexibility index (Phi) is 7.62. The van der Waals surface area contributed by atoms with Gasteiger partial charge in [-0.15, -0.1) is 0 Å². The van der Waals surface area contributed by atoms with Crippen molar-refractivity contribution in [3.05, 3.63) is 23.5 Å². The maximum absolute atomic E-state index is 12.4. The fourth-order valence-corrected chi connectivity index (χ4v) is 3.01. The first-order valence-electron chi connectivity index (χ1n) is 8.46. The van der Waals surface area contributed by atoms with E-state index >= 15 is 0 Å². The van der Waals surface area contributed by atoms with Gasteiger partial charge in [0, 0.05) is 12.3 Å². The Morgan fingerprint density at radius 2 is 2.35 bits per heavy atom. The van der Waals surface area contributed by atoms with Crippen molar-refractivity contribution in [2.24, 2.45) is 0 Å². The lowest BCUT2D eigenvalue weighted by Gasteiger charge is -2.34. The van der Waals surface area contributed by atoms with Crippen molar-refractivity contribution in [1.29, 1.82) is 0 Å². The van der Waals surface area contributed by atoms with E-state index in [1.54, 1.807) is 18.5 Å². The molecule has 2 rings (SSSR count). The van der Waals surface area contributed by atoms with Crippen LogP contribution in [-0.4, -0.2) is 48.1 Å².